The fourth-order valence-electron chi connectivity index (χ4n) is 10.9. The number of aryl methyl sites for hydroxylation is 1. The zero-order valence-corrected chi connectivity index (χ0v) is 42.2. The predicted molar refractivity (Wildman–Crippen MR) is 298 cm³/mol. The third-order valence-electron chi connectivity index (χ3n) is 14.6. The first kappa shape index (κ1) is 47.3. The molecular weight excluding hydrogens is 819 g/mol. The number of hydrogen-bond donors (Lipinski definition) is 0. The van der Waals surface area contributed by atoms with Gasteiger partial charge in [-0.3, -0.25) is 0 Å². The van der Waals surface area contributed by atoms with Crippen molar-refractivity contribution in [1.29, 1.82) is 0 Å². The van der Waals surface area contributed by atoms with E-state index in [4.69, 9.17) is 0 Å². The van der Waals surface area contributed by atoms with Crippen molar-refractivity contribution >= 4 is 33.8 Å². The number of fused-ring (bicyclic) bond motifs is 2. The maximum atomic E-state index is 4.41. The van der Waals surface area contributed by atoms with E-state index >= 15 is 0 Å². The molecule has 2 aliphatic carbocycles. The van der Waals surface area contributed by atoms with Gasteiger partial charge >= 0.3 is 0 Å². The summed E-state index contributed by atoms with van der Waals surface area (Å²) in [5.74, 6) is 0. The third-order valence-corrected chi connectivity index (χ3v) is 14.6. The van der Waals surface area contributed by atoms with Crippen LogP contribution in [0.3, 0.4) is 0 Å². The van der Waals surface area contributed by atoms with Crippen LogP contribution in [0.25, 0.3) is 50.1 Å². The Morgan fingerprint density at radius 2 is 1.01 bits per heavy atom. The molecule has 0 amide bonds. The van der Waals surface area contributed by atoms with E-state index in [1.54, 1.807) is 0 Å². The first-order valence-electron chi connectivity index (χ1n) is 24.4. The van der Waals surface area contributed by atoms with Crippen LogP contribution in [0, 0.1) is 20.8 Å². The summed E-state index contributed by atoms with van der Waals surface area (Å²) in [5.41, 5.74) is 26.8. The van der Waals surface area contributed by atoms with Crippen molar-refractivity contribution in [2.24, 2.45) is 0 Å². The Morgan fingerprint density at radius 1 is 0.500 bits per heavy atom. The van der Waals surface area contributed by atoms with Crippen LogP contribution in [0.4, 0.5) is 17.1 Å². The highest BCUT2D eigenvalue weighted by Crippen LogP contribution is 2.52. The zero-order chi connectivity index (χ0) is 48.5. The Balaban J connectivity index is 0.00000308. The largest absolute Gasteiger partial charge is 0.310 e. The van der Waals surface area contributed by atoms with Crippen molar-refractivity contribution in [2.75, 3.05) is 4.90 Å². The van der Waals surface area contributed by atoms with Crippen LogP contribution in [0.2, 0.25) is 0 Å². The summed E-state index contributed by atoms with van der Waals surface area (Å²) in [7, 11) is 0. The van der Waals surface area contributed by atoms with E-state index in [2.05, 4.69) is 250 Å². The lowest BCUT2D eigenvalue weighted by molar-refractivity contribution is 0.654. The van der Waals surface area contributed by atoms with Crippen molar-refractivity contribution < 1.29 is 0 Å². The average Bonchev–Trinajstić information content (AvgIpc) is 3.68. The standard InChI is InChI=1S/C65H61N.C2H6/c1-12-22-58-59-38-36-51(41-63(59)64(8,9)60(58)14-3)66(49-33-31-48(32-34-49)47-24-16-15-17-25-47)50-35-37-57-45(7)61(65(10,11)62(57)40-50)39-46(13-2)53-27-20-29-55(43(53)5)56-30-21-28-54(44(56)6)52-26-19-18-23-42(52)4;1-2/h12-41H,2-3H2,1,4-11H3;1-2H3/b22-12-,46-39+;. The normalized spacial score (nSPS) is 14.7. The topological polar surface area (TPSA) is 3.24 Å². The molecule has 2 aliphatic rings. The Bertz CT molecular complexity index is 3190. The monoisotopic (exact) mass is 886 g/mol. The lowest BCUT2D eigenvalue weighted by atomic mass is 9.79. The van der Waals surface area contributed by atoms with Crippen LogP contribution in [0.1, 0.15) is 99.9 Å². The molecule has 0 saturated heterocycles. The molecule has 0 unspecified atom stereocenters. The summed E-state index contributed by atoms with van der Waals surface area (Å²) in [4.78, 5) is 2.44. The van der Waals surface area contributed by atoms with Gasteiger partial charge in [0.1, 0.15) is 0 Å². The molecule has 0 heterocycles. The van der Waals surface area contributed by atoms with Gasteiger partial charge in [-0.15, -0.1) is 0 Å². The van der Waals surface area contributed by atoms with E-state index in [1.165, 1.54) is 100 Å². The average molecular weight is 886 g/mol. The number of anilines is 3. The van der Waals surface area contributed by atoms with Crippen molar-refractivity contribution in [2.45, 2.75) is 87.0 Å². The molecule has 1 nitrogen and oxygen atoms in total. The smallest absolute Gasteiger partial charge is 0.0465 e. The maximum absolute atomic E-state index is 4.41. The molecule has 0 bridgehead atoms. The van der Waals surface area contributed by atoms with E-state index in [0.29, 0.717) is 0 Å². The lowest BCUT2D eigenvalue weighted by Crippen LogP contribution is -2.19. The molecule has 0 atom stereocenters. The second-order valence-electron chi connectivity index (χ2n) is 19.1. The Hall–Kier alpha value is -7.22. The zero-order valence-electron chi connectivity index (χ0n) is 42.2. The lowest BCUT2D eigenvalue weighted by Gasteiger charge is -2.30. The SMILES string of the molecule is C=CC1=C(/C=C\C)c2ccc(N(c3ccc(-c4ccccc4)cc3)c3ccc4c(c3)C(C)(C)C(/C=C(\C=C)c3cccc(-c5cccc(-c6ccccc6C)c5C)c3C)=C4C)cc2C1(C)C.CC. The predicted octanol–water partition coefficient (Wildman–Crippen LogP) is 19.3. The summed E-state index contributed by atoms with van der Waals surface area (Å²) in [5, 5.41) is 0. The molecule has 0 N–H and O–H groups in total. The van der Waals surface area contributed by atoms with Gasteiger partial charge in [0.25, 0.3) is 0 Å². The summed E-state index contributed by atoms with van der Waals surface area (Å²) < 4.78 is 0. The van der Waals surface area contributed by atoms with Gasteiger partial charge < -0.3 is 4.90 Å². The van der Waals surface area contributed by atoms with E-state index in [0.717, 1.165) is 22.6 Å². The van der Waals surface area contributed by atoms with Gasteiger partial charge in [0.2, 0.25) is 0 Å². The molecular formula is C67H67N. The van der Waals surface area contributed by atoms with Gasteiger partial charge in [-0.2, -0.15) is 0 Å². The molecule has 0 aliphatic heterocycles. The molecule has 1 heteroatoms. The number of benzene rings is 7. The van der Waals surface area contributed by atoms with Gasteiger partial charge in [0.05, 0.1) is 0 Å². The van der Waals surface area contributed by atoms with Gasteiger partial charge in [0.15, 0.2) is 0 Å². The molecule has 0 fully saturated rings. The number of rotatable bonds is 11. The van der Waals surface area contributed by atoms with E-state index in [-0.39, 0.29) is 10.8 Å². The first-order valence-corrected chi connectivity index (χ1v) is 24.4. The highest BCUT2D eigenvalue weighted by atomic mass is 15.1. The Morgan fingerprint density at radius 3 is 1.63 bits per heavy atom. The van der Waals surface area contributed by atoms with Crippen LogP contribution in [-0.4, -0.2) is 0 Å². The first-order chi connectivity index (χ1) is 32.8. The minimum atomic E-state index is -0.277. The van der Waals surface area contributed by atoms with Gasteiger partial charge in [-0.05, 0) is 183 Å². The summed E-state index contributed by atoms with van der Waals surface area (Å²) in [6.45, 7) is 33.2. The summed E-state index contributed by atoms with van der Waals surface area (Å²) in [6.07, 6.45) is 10.9. The van der Waals surface area contributed by atoms with E-state index < -0.39 is 0 Å². The van der Waals surface area contributed by atoms with Crippen LogP contribution in [0.15, 0.2) is 206 Å². The molecule has 0 radical (unpaired) electrons. The van der Waals surface area contributed by atoms with E-state index in [1.807, 2.05) is 26.0 Å². The molecule has 0 aromatic heterocycles. The van der Waals surface area contributed by atoms with E-state index in [9.17, 15) is 0 Å². The van der Waals surface area contributed by atoms with Gasteiger partial charge in [-0.25, -0.2) is 0 Å². The summed E-state index contributed by atoms with van der Waals surface area (Å²) >= 11 is 0. The van der Waals surface area contributed by atoms with Crippen molar-refractivity contribution in [1.82, 2.24) is 0 Å². The minimum absolute atomic E-state index is 0.197. The maximum Gasteiger partial charge on any atom is 0.0465 e. The third kappa shape index (κ3) is 8.19. The molecule has 340 valence electrons. The molecule has 0 spiro atoms. The Labute approximate surface area is 408 Å². The minimum Gasteiger partial charge on any atom is -0.310 e. The number of allylic oxidation sites excluding steroid dienone is 10. The molecule has 7 aromatic carbocycles. The van der Waals surface area contributed by atoms with Gasteiger partial charge in [-0.1, -0.05) is 194 Å². The Kier molecular flexibility index (Phi) is 13.3. The van der Waals surface area contributed by atoms with Crippen molar-refractivity contribution in [3.63, 3.8) is 0 Å². The molecule has 9 rings (SSSR count). The second kappa shape index (κ2) is 19.2. The van der Waals surface area contributed by atoms with Crippen molar-refractivity contribution in [3.05, 3.63) is 251 Å². The second-order valence-corrected chi connectivity index (χ2v) is 19.1. The fraction of sp³-hybridized carbons (Fsp3) is 0.194. The number of nitrogens with zero attached hydrogens (tertiary/aromatic N) is 1. The van der Waals surface area contributed by atoms with Crippen LogP contribution >= 0.6 is 0 Å². The molecule has 0 saturated carbocycles. The van der Waals surface area contributed by atoms with Crippen LogP contribution in [0.5, 0.6) is 0 Å². The fourth-order valence-corrected chi connectivity index (χ4v) is 10.9. The molecule has 68 heavy (non-hydrogen) atoms. The van der Waals surface area contributed by atoms with Crippen LogP contribution in [-0.2, 0) is 10.8 Å². The van der Waals surface area contributed by atoms with Crippen LogP contribution < -0.4 is 4.90 Å². The molecule has 7 aromatic rings. The highest BCUT2D eigenvalue weighted by molar-refractivity contribution is 5.93. The van der Waals surface area contributed by atoms with Crippen molar-refractivity contribution in [3.8, 4) is 33.4 Å². The summed E-state index contributed by atoms with van der Waals surface area (Å²) in [6, 6.07) is 55.9. The number of hydrogen-bond acceptors (Lipinski definition) is 1. The quantitative estimate of drug-likeness (QED) is 0.117. The highest BCUT2D eigenvalue weighted by Gasteiger charge is 2.38. The van der Waals surface area contributed by atoms with Gasteiger partial charge in [0, 0.05) is 27.9 Å².